The van der Waals surface area contributed by atoms with E-state index in [4.69, 9.17) is 14.2 Å². The van der Waals surface area contributed by atoms with Gasteiger partial charge in [-0.25, -0.2) is 4.98 Å². The molecule has 7 nitrogen and oxygen atoms in total. The van der Waals surface area contributed by atoms with Crippen LogP contribution in [0.25, 0.3) is 0 Å². The molecule has 0 radical (unpaired) electrons. The van der Waals surface area contributed by atoms with Crippen LogP contribution in [0.4, 0.5) is 0 Å². The van der Waals surface area contributed by atoms with E-state index in [1.165, 1.54) is 11.1 Å². The Labute approximate surface area is 208 Å². The molecule has 1 aliphatic rings. The third kappa shape index (κ3) is 6.99. The van der Waals surface area contributed by atoms with Gasteiger partial charge in [0.05, 0.1) is 19.3 Å². The second-order valence-corrected chi connectivity index (χ2v) is 9.46. The summed E-state index contributed by atoms with van der Waals surface area (Å²) in [6.45, 7) is 8.18. The highest BCUT2D eigenvalue weighted by atomic mass is 16.5. The highest BCUT2D eigenvalue weighted by Gasteiger charge is 2.31. The number of ether oxygens (including phenoxy) is 3. The molecule has 0 aliphatic carbocycles. The number of aromatic nitrogens is 2. The number of benzene rings is 2. The van der Waals surface area contributed by atoms with Crippen LogP contribution in [0.15, 0.2) is 54.9 Å². The van der Waals surface area contributed by atoms with Crippen LogP contribution >= 0.6 is 0 Å². The molecule has 1 saturated heterocycles. The maximum Gasteiger partial charge on any atom is 0.161 e. The molecule has 0 saturated carbocycles. The summed E-state index contributed by atoms with van der Waals surface area (Å²) in [7, 11) is 1.66. The third-order valence-electron chi connectivity index (χ3n) is 6.69. The monoisotopic (exact) mass is 479 g/mol. The van der Waals surface area contributed by atoms with E-state index in [9.17, 15) is 5.11 Å². The predicted octanol–water partition coefficient (Wildman–Crippen LogP) is 4.38. The van der Waals surface area contributed by atoms with Crippen molar-refractivity contribution >= 4 is 0 Å². The number of hydrogen-bond acceptors (Lipinski definition) is 6. The highest BCUT2D eigenvalue weighted by molar-refractivity contribution is 5.43. The first-order valence-electron chi connectivity index (χ1n) is 12.4. The lowest BCUT2D eigenvalue weighted by molar-refractivity contribution is -0.0168. The fourth-order valence-electron chi connectivity index (χ4n) is 4.47. The van der Waals surface area contributed by atoms with Gasteiger partial charge in [-0.05, 0) is 69.5 Å². The molecule has 35 heavy (non-hydrogen) atoms. The fraction of sp³-hybridized carbons (Fsp3) is 0.464. The minimum Gasteiger partial charge on any atom is -0.493 e. The van der Waals surface area contributed by atoms with Crippen LogP contribution in [0.3, 0.4) is 0 Å². The number of likely N-dealkylation sites (tertiary alicyclic amines) is 1. The number of nitrogens with zero attached hydrogens (tertiary/aromatic N) is 3. The van der Waals surface area contributed by atoms with Gasteiger partial charge >= 0.3 is 0 Å². The summed E-state index contributed by atoms with van der Waals surface area (Å²) in [5, 5.41) is 11.2. The average Bonchev–Trinajstić information content (AvgIpc) is 3.17. The lowest BCUT2D eigenvalue weighted by Crippen LogP contribution is -2.37. The molecule has 2 heterocycles. The molecule has 0 amide bonds. The van der Waals surface area contributed by atoms with Crippen LogP contribution in [0.2, 0.25) is 0 Å². The van der Waals surface area contributed by atoms with Gasteiger partial charge in [0.25, 0.3) is 0 Å². The minimum absolute atomic E-state index is 0.320. The van der Waals surface area contributed by atoms with E-state index < -0.39 is 5.60 Å². The van der Waals surface area contributed by atoms with E-state index >= 15 is 0 Å². The molecule has 0 spiro atoms. The molecule has 2 aromatic carbocycles. The lowest BCUT2D eigenvalue weighted by Gasteiger charge is -2.27. The summed E-state index contributed by atoms with van der Waals surface area (Å²) in [5.41, 5.74) is 1.56. The van der Waals surface area contributed by atoms with Crippen molar-refractivity contribution in [2.45, 2.75) is 51.8 Å². The van der Waals surface area contributed by atoms with Gasteiger partial charge in [-0.1, -0.05) is 23.8 Å². The number of aliphatic hydroxyl groups is 1. The van der Waals surface area contributed by atoms with Crippen LogP contribution in [0.5, 0.6) is 17.2 Å². The molecule has 188 valence electrons. The predicted molar refractivity (Wildman–Crippen MR) is 136 cm³/mol. The Morgan fingerprint density at radius 1 is 1.00 bits per heavy atom. The minimum atomic E-state index is -0.806. The van der Waals surface area contributed by atoms with Gasteiger partial charge in [-0.3, -0.25) is 4.90 Å². The molecule has 1 fully saturated rings. The topological polar surface area (TPSA) is 69.0 Å². The van der Waals surface area contributed by atoms with Crippen molar-refractivity contribution in [2.24, 2.45) is 0 Å². The van der Waals surface area contributed by atoms with Gasteiger partial charge in [-0.15, -0.1) is 0 Å². The summed E-state index contributed by atoms with van der Waals surface area (Å²) in [6, 6.07) is 14.1. The summed E-state index contributed by atoms with van der Waals surface area (Å²) in [4.78, 5) is 6.65. The van der Waals surface area contributed by atoms with Gasteiger partial charge in [-0.2, -0.15) is 0 Å². The Hall–Kier alpha value is -3.03. The van der Waals surface area contributed by atoms with E-state index in [1.54, 1.807) is 13.3 Å². The number of imidazole rings is 1. The van der Waals surface area contributed by atoms with Gasteiger partial charge in [0.1, 0.15) is 24.8 Å². The van der Waals surface area contributed by atoms with Crippen molar-refractivity contribution in [3.8, 4) is 17.2 Å². The van der Waals surface area contributed by atoms with Crippen LogP contribution in [-0.4, -0.2) is 58.6 Å². The summed E-state index contributed by atoms with van der Waals surface area (Å²) in [5.74, 6) is 3.26. The lowest BCUT2D eigenvalue weighted by atomic mass is 9.96. The Bertz CT molecular complexity index is 1080. The molecular weight excluding hydrogens is 442 g/mol. The van der Waals surface area contributed by atoms with Crippen molar-refractivity contribution in [1.82, 2.24) is 14.5 Å². The third-order valence-corrected chi connectivity index (χ3v) is 6.69. The van der Waals surface area contributed by atoms with Gasteiger partial charge in [0.2, 0.25) is 0 Å². The van der Waals surface area contributed by atoms with Gasteiger partial charge in [0.15, 0.2) is 11.5 Å². The standard InChI is InChI=1S/C28H37N3O4/c1-22-5-8-25(9-6-22)35-21-28(32)11-4-14-30(15-12-28)20-24-7-10-26(33-3)27(19-24)34-18-17-31-16-13-29-23(31)2/h5-10,13,16,19,32H,4,11-12,14-15,17-18,20-21H2,1-3H3. The zero-order chi connectivity index (χ0) is 24.7. The van der Waals surface area contributed by atoms with Crippen molar-refractivity contribution in [1.29, 1.82) is 0 Å². The van der Waals surface area contributed by atoms with Gasteiger partial charge in [0, 0.05) is 25.5 Å². The van der Waals surface area contributed by atoms with Crippen LogP contribution in [-0.2, 0) is 13.1 Å². The van der Waals surface area contributed by atoms with Crippen LogP contribution in [0.1, 0.15) is 36.2 Å². The quantitative estimate of drug-likeness (QED) is 0.465. The molecule has 1 unspecified atom stereocenters. The Morgan fingerprint density at radius 3 is 2.57 bits per heavy atom. The second-order valence-electron chi connectivity index (χ2n) is 9.46. The van der Waals surface area contributed by atoms with Crippen molar-refractivity contribution in [3.63, 3.8) is 0 Å². The largest absolute Gasteiger partial charge is 0.493 e. The molecule has 1 aliphatic heterocycles. The molecule has 7 heteroatoms. The zero-order valence-electron chi connectivity index (χ0n) is 21.1. The van der Waals surface area contributed by atoms with E-state index in [0.29, 0.717) is 19.6 Å². The Morgan fingerprint density at radius 2 is 1.83 bits per heavy atom. The number of methoxy groups -OCH3 is 1. The fourth-order valence-corrected chi connectivity index (χ4v) is 4.47. The first-order chi connectivity index (χ1) is 16.9. The average molecular weight is 480 g/mol. The normalized spacial score (nSPS) is 18.7. The molecule has 1 N–H and O–H groups in total. The first-order valence-corrected chi connectivity index (χ1v) is 12.4. The highest BCUT2D eigenvalue weighted by Crippen LogP contribution is 2.30. The van der Waals surface area contributed by atoms with Crippen LogP contribution in [0, 0.1) is 13.8 Å². The summed E-state index contributed by atoms with van der Waals surface area (Å²) in [6.07, 6.45) is 6.10. The second kappa shape index (κ2) is 11.6. The molecule has 1 atom stereocenters. The van der Waals surface area contributed by atoms with E-state index in [2.05, 4.69) is 33.5 Å². The number of rotatable bonds is 10. The van der Waals surface area contributed by atoms with Gasteiger partial charge < -0.3 is 23.9 Å². The zero-order valence-corrected chi connectivity index (χ0v) is 21.1. The summed E-state index contributed by atoms with van der Waals surface area (Å²) < 4.78 is 19.6. The maximum atomic E-state index is 11.2. The molecular formula is C28H37N3O4. The first kappa shape index (κ1) is 25.1. The molecule has 0 bridgehead atoms. The number of hydrogen-bond donors (Lipinski definition) is 1. The van der Waals surface area contributed by atoms with Crippen molar-refractivity contribution in [3.05, 3.63) is 71.8 Å². The number of aryl methyl sites for hydroxylation is 2. The SMILES string of the molecule is COc1ccc(CN2CCCC(O)(COc3ccc(C)cc3)CC2)cc1OCCn1ccnc1C. The Kier molecular flexibility index (Phi) is 8.31. The molecule has 1 aromatic heterocycles. The van der Waals surface area contributed by atoms with Crippen molar-refractivity contribution < 1.29 is 19.3 Å². The van der Waals surface area contributed by atoms with E-state index in [-0.39, 0.29) is 0 Å². The van der Waals surface area contributed by atoms with E-state index in [1.807, 2.05) is 43.5 Å². The Balaban J connectivity index is 1.31. The molecule has 4 rings (SSSR count). The summed E-state index contributed by atoms with van der Waals surface area (Å²) >= 11 is 0. The van der Waals surface area contributed by atoms with E-state index in [0.717, 1.165) is 62.1 Å². The molecule has 3 aromatic rings. The smallest absolute Gasteiger partial charge is 0.161 e. The maximum absolute atomic E-state index is 11.2. The van der Waals surface area contributed by atoms with Crippen molar-refractivity contribution in [2.75, 3.05) is 33.4 Å². The van der Waals surface area contributed by atoms with Crippen LogP contribution < -0.4 is 14.2 Å².